The zero-order valence-corrected chi connectivity index (χ0v) is 11.6. The van der Waals surface area contributed by atoms with Crippen LogP contribution in [0.5, 0.6) is 5.75 Å². The van der Waals surface area contributed by atoms with Gasteiger partial charge < -0.3 is 5.11 Å². The van der Waals surface area contributed by atoms with E-state index >= 15 is 0 Å². The number of H-pyrrole nitrogens is 1. The van der Waals surface area contributed by atoms with Crippen LogP contribution in [0.2, 0.25) is 5.02 Å². The minimum atomic E-state index is 0.0720. The molecule has 0 aliphatic heterocycles. The third kappa shape index (κ3) is 3.88. The van der Waals surface area contributed by atoms with E-state index in [1.807, 2.05) is 6.07 Å². The summed E-state index contributed by atoms with van der Waals surface area (Å²) in [6.45, 7) is 0. The van der Waals surface area contributed by atoms with Gasteiger partial charge in [0.05, 0.1) is 18.0 Å². The van der Waals surface area contributed by atoms with Gasteiger partial charge in [-0.15, -0.1) is 5.10 Å². The Kier molecular flexibility index (Phi) is 4.81. The molecule has 0 atom stereocenters. The van der Waals surface area contributed by atoms with E-state index in [2.05, 4.69) is 25.7 Å². The van der Waals surface area contributed by atoms with Gasteiger partial charge in [-0.25, -0.2) is 10.5 Å². The fraction of sp³-hybridized carbons (Fsp3) is 0.0909. The van der Waals surface area contributed by atoms with Crippen LogP contribution in [0.4, 0.5) is 5.95 Å². The molecule has 3 N–H and O–H groups in total. The highest BCUT2D eigenvalue weighted by Crippen LogP contribution is 2.19. The van der Waals surface area contributed by atoms with E-state index < -0.39 is 0 Å². The molecule has 0 radical (unpaired) electrons. The summed E-state index contributed by atoms with van der Waals surface area (Å²) in [5.74, 6) is 0.683. The summed E-state index contributed by atoms with van der Waals surface area (Å²) < 4.78 is 0. The quantitative estimate of drug-likeness (QED) is 0.444. The van der Waals surface area contributed by atoms with Crippen LogP contribution >= 0.6 is 23.4 Å². The van der Waals surface area contributed by atoms with Crippen molar-refractivity contribution in [3.63, 3.8) is 0 Å². The van der Waals surface area contributed by atoms with Crippen molar-refractivity contribution in [2.45, 2.75) is 5.16 Å². The second kappa shape index (κ2) is 6.79. The largest absolute Gasteiger partial charge is 0.507 e. The van der Waals surface area contributed by atoms with Crippen molar-refractivity contribution in [2.24, 2.45) is 5.10 Å². The normalized spacial score (nSPS) is 10.6. The molecule has 1 heterocycles. The lowest BCUT2D eigenvalue weighted by Gasteiger charge is -1.98. The Labute approximate surface area is 123 Å². The molecule has 2 rings (SSSR count). The van der Waals surface area contributed by atoms with Gasteiger partial charge in [0.25, 0.3) is 0 Å². The van der Waals surface area contributed by atoms with Crippen molar-refractivity contribution >= 4 is 35.5 Å². The number of hydrazone groups is 1. The van der Waals surface area contributed by atoms with Gasteiger partial charge in [-0.05, 0) is 18.2 Å². The maximum absolute atomic E-state index is 9.59. The molecule has 1 aromatic heterocycles. The number of aromatic amines is 1. The summed E-state index contributed by atoms with van der Waals surface area (Å²) in [5.41, 5.74) is 3.10. The standard InChI is InChI=1S/C11H9ClN6OS/c12-8-1-2-9(19)7(5-8)6-14-16-10-15-11(18-17-10)20-4-3-13/h1-2,5-6,19H,4H2,(H2,15,16,17,18)/b14-6+. The van der Waals surface area contributed by atoms with Gasteiger partial charge in [0.2, 0.25) is 11.1 Å². The zero-order valence-electron chi connectivity index (χ0n) is 10.0. The van der Waals surface area contributed by atoms with E-state index in [9.17, 15) is 5.11 Å². The van der Waals surface area contributed by atoms with Crippen molar-refractivity contribution in [2.75, 3.05) is 11.2 Å². The number of thioether (sulfide) groups is 1. The van der Waals surface area contributed by atoms with Crippen molar-refractivity contribution < 1.29 is 5.11 Å². The van der Waals surface area contributed by atoms with E-state index in [4.69, 9.17) is 16.9 Å². The number of nitriles is 1. The van der Waals surface area contributed by atoms with Crippen molar-refractivity contribution in [3.05, 3.63) is 28.8 Å². The Hall–Kier alpha value is -2.24. The molecule has 0 fully saturated rings. The van der Waals surface area contributed by atoms with Gasteiger partial charge in [0.15, 0.2) is 0 Å². The number of phenols is 1. The summed E-state index contributed by atoms with van der Waals surface area (Å²) >= 11 is 7.03. The molecule has 0 bridgehead atoms. The lowest BCUT2D eigenvalue weighted by atomic mass is 10.2. The Bertz CT molecular complexity index is 665. The molecule has 2 aromatic rings. The molecule has 0 unspecified atom stereocenters. The summed E-state index contributed by atoms with van der Waals surface area (Å²) in [6.07, 6.45) is 1.41. The second-order valence-corrected chi connectivity index (χ2v) is 4.87. The summed E-state index contributed by atoms with van der Waals surface area (Å²) in [4.78, 5) is 4.05. The lowest BCUT2D eigenvalue weighted by molar-refractivity contribution is 0.474. The minimum absolute atomic E-state index is 0.0720. The van der Waals surface area contributed by atoms with Crippen LogP contribution < -0.4 is 5.43 Å². The van der Waals surface area contributed by atoms with E-state index in [0.29, 0.717) is 21.7 Å². The number of hydrogen-bond donors (Lipinski definition) is 3. The third-order valence-electron chi connectivity index (χ3n) is 2.09. The fourth-order valence-corrected chi connectivity index (χ4v) is 1.89. The van der Waals surface area contributed by atoms with Gasteiger partial charge in [0, 0.05) is 10.6 Å². The van der Waals surface area contributed by atoms with Gasteiger partial charge in [-0.2, -0.15) is 15.3 Å². The number of nitrogens with one attached hydrogen (secondary N) is 2. The SMILES string of the molecule is N#CCSc1n[nH]c(N/N=C/c2cc(Cl)ccc2O)n1. The molecule has 7 nitrogen and oxygen atoms in total. The van der Waals surface area contributed by atoms with E-state index in [-0.39, 0.29) is 11.5 Å². The maximum Gasteiger partial charge on any atom is 0.240 e. The van der Waals surface area contributed by atoms with Crippen LogP contribution in [0.15, 0.2) is 28.5 Å². The monoisotopic (exact) mass is 308 g/mol. The second-order valence-electron chi connectivity index (χ2n) is 3.49. The van der Waals surface area contributed by atoms with Crippen LogP contribution in [-0.2, 0) is 0 Å². The van der Waals surface area contributed by atoms with Crippen LogP contribution in [-0.4, -0.2) is 32.3 Å². The van der Waals surface area contributed by atoms with Crippen molar-refractivity contribution in [1.29, 1.82) is 5.26 Å². The summed E-state index contributed by atoms with van der Waals surface area (Å²) in [5, 5.41) is 29.4. The molecule has 0 spiro atoms. The number of rotatable bonds is 5. The number of anilines is 1. The highest BCUT2D eigenvalue weighted by atomic mass is 35.5. The molecular formula is C11H9ClN6OS. The zero-order chi connectivity index (χ0) is 14.4. The van der Waals surface area contributed by atoms with Gasteiger partial charge in [0.1, 0.15) is 5.75 Å². The first-order chi connectivity index (χ1) is 9.69. The van der Waals surface area contributed by atoms with Crippen LogP contribution in [0.25, 0.3) is 0 Å². The van der Waals surface area contributed by atoms with Crippen LogP contribution in [0.3, 0.4) is 0 Å². The first-order valence-corrected chi connectivity index (χ1v) is 6.75. The van der Waals surface area contributed by atoms with Gasteiger partial charge in [-0.1, -0.05) is 23.4 Å². The fourth-order valence-electron chi connectivity index (χ4n) is 1.25. The molecule has 0 aliphatic rings. The number of aromatic hydroxyl groups is 1. The molecule has 1 aromatic carbocycles. The van der Waals surface area contributed by atoms with Crippen molar-refractivity contribution in [1.82, 2.24) is 15.2 Å². The maximum atomic E-state index is 9.59. The molecule has 0 saturated carbocycles. The number of benzene rings is 1. The number of hydrogen-bond acceptors (Lipinski definition) is 7. The van der Waals surface area contributed by atoms with E-state index in [0.717, 1.165) is 0 Å². The Balaban J connectivity index is 1.97. The molecule has 102 valence electrons. The number of halogens is 1. The van der Waals surface area contributed by atoms with Crippen LogP contribution in [0, 0.1) is 11.3 Å². The molecular weight excluding hydrogens is 300 g/mol. The smallest absolute Gasteiger partial charge is 0.240 e. The first-order valence-electron chi connectivity index (χ1n) is 5.39. The molecule has 0 amide bonds. The minimum Gasteiger partial charge on any atom is -0.507 e. The topological polar surface area (TPSA) is 110 Å². The summed E-state index contributed by atoms with van der Waals surface area (Å²) in [7, 11) is 0. The third-order valence-corrected chi connectivity index (χ3v) is 3.04. The van der Waals surface area contributed by atoms with Crippen molar-refractivity contribution in [3.8, 4) is 11.8 Å². The Morgan fingerprint density at radius 1 is 1.60 bits per heavy atom. The van der Waals surface area contributed by atoms with Crippen LogP contribution in [0.1, 0.15) is 5.56 Å². The number of phenolic OH excluding ortho intramolecular Hbond substituents is 1. The average Bonchev–Trinajstić information content (AvgIpc) is 2.88. The van der Waals surface area contributed by atoms with Gasteiger partial charge in [-0.3, -0.25) is 0 Å². The first kappa shape index (κ1) is 14.2. The predicted molar refractivity (Wildman–Crippen MR) is 77.1 cm³/mol. The summed E-state index contributed by atoms with van der Waals surface area (Å²) in [6, 6.07) is 6.62. The molecule has 0 saturated heterocycles. The Morgan fingerprint density at radius 3 is 3.25 bits per heavy atom. The lowest BCUT2D eigenvalue weighted by Crippen LogP contribution is -1.93. The number of nitrogens with zero attached hydrogens (tertiary/aromatic N) is 4. The predicted octanol–water partition coefficient (Wildman–Crippen LogP) is 2.23. The van der Waals surface area contributed by atoms with Gasteiger partial charge >= 0.3 is 0 Å². The average molecular weight is 309 g/mol. The van der Waals surface area contributed by atoms with E-state index in [1.54, 1.807) is 12.1 Å². The highest BCUT2D eigenvalue weighted by molar-refractivity contribution is 7.99. The highest BCUT2D eigenvalue weighted by Gasteiger charge is 2.02. The van der Waals surface area contributed by atoms with E-state index in [1.165, 1.54) is 24.0 Å². The Morgan fingerprint density at radius 2 is 2.45 bits per heavy atom. The molecule has 0 aliphatic carbocycles. The molecule has 9 heteroatoms. The molecule has 20 heavy (non-hydrogen) atoms. The number of aromatic nitrogens is 3.